The van der Waals surface area contributed by atoms with E-state index in [9.17, 15) is 14.9 Å². The molecule has 0 radical (unpaired) electrons. The van der Waals surface area contributed by atoms with Crippen molar-refractivity contribution >= 4 is 12.0 Å². The number of hydrogen-bond donors (Lipinski definition) is 1. The van der Waals surface area contributed by atoms with Crippen molar-refractivity contribution in [1.29, 1.82) is 5.26 Å². The second kappa shape index (κ2) is 9.77. The number of amides is 2. The van der Waals surface area contributed by atoms with E-state index < -0.39 is 17.7 Å². The van der Waals surface area contributed by atoms with Crippen molar-refractivity contribution in [2.75, 3.05) is 46.4 Å². The van der Waals surface area contributed by atoms with E-state index in [-0.39, 0.29) is 11.3 Å². The Labute approximate surface area is 174 Å². The molecule has 2 rings (SSSR count). The van der Waals surface area contributed by atoms with Gasteiger partial charge in [0.2, 0.25) is 0 Å². The Hall–Kier alpha value is -1.85. The molecule has 2 aliphatic rings. The highest BCUT2D eigenvalue weighted by Gasteiger charge is 2.40. The molecule has 0 spiro atoms. The molecule has 164 valence electrons. The number of nitrogens with one attached hydrogen (secondary N) is 1. The van der Waals surface area contributed by atoms with E-state index in [1.165, 1.54) is 0 Å². The van der Waals surface area contributed by atoms with Crippen LogP contribution < -0.4 is 5.32 Å². The third kappa shape index (κ3) is 6.31. The number of morpholine rings is 1. The van der Waals surface area contributed by atoms with Crippen LogP contribution in [-0.4, -0.2) is 79.9 Å². The van der Waals surface area contributed by atoms with Crippen LogP contribution in [0.3, 0.4) is 0 Å². The van der Waals surface area contributed by atoms with Gasteiger partial charge in [0.25, 0.3) is 5.91 Å². The van der Waals surface area contributed by atoms with Gasteiger partial charge in [-0.1, -0.05) is 27.7 Å². The minimum absolute atomic E-state index is 0.208. The number of likely N-dealkylation sites (tertiary alicyclic amines) is 1. The van der Waals surface area contributed by atoms with Gasteiger partial charge in [-0.3, -0.25) is 4.79 Å². The van der Waals surface area contributed by atoms with Gasteiger partial charge in [0, 0.05) is 26.2 Å². The quantitative estimate of drug-likeness (QED) is 0.722. The summed E-state index contributed by atoms with van der Waals surface area (Å²) in [7, 11) is 2.00. The Kier molecular flexibility index (Phi) is 7.89. The van der Waals surface area contributed by atoms with Crippen LogP contribution in [0.25, 0.3) is 0 Å². The van der Waals surface area contributed by atoms with Crippen LogP contribution in [0, 0.1) is 22.7 Å². The van der Waals surface area contributed by atoms with Crippen LogP contribution in [0.2, 0.25) is 0 Å². The van der Waals surface area contributed by atoms with Crippen molar-refractivity contribution in [3.63, 3.8) is 0 Å². The maximum Gasteiger partial charge on any atom is 0.410 e. The highest BCUT2D eigenvalue weighted by atomic mass is 16.6. The van der Waals surface area contributed by atoms with Crippen LogP contribution in [0.4, 0.5) is 4.79 Å². The molecule has 1 unspecified atom stereocenters. The molecule has 0 aromatic carbocycles. The highest BCUT2D eigenvalue weighted by molar-refractivity contribution is 5.84. The van der Waals surface area contributed by atoms with Crippen LogP contribution in [0.1, 0.15) is 47.0 Å². The number of piperidine rings is 1. The molecule has 2 saturated heterocycles. The summed E-state index contributed by atoms with van der Waals surface area (Å²) in [6, 6.07) is 2.30. The number of hydrogen-bond acceptors (Lipinski definition) is 6. The Balaban J connectivity index is 2.13. The summed E-state index contributed by atoms with van der Waals surface area (Å²) in [6.45, 7) is 11.6. The molecular formula is C21H36N4O4. The minimum atomic E-state index is -0.937. The summed E-state index contributed by atoms with van der Waals surface area (Å²) in [5.41, 5.74) is -1.12. The third-order valence-electron chi connectivity index (χ3n) is 6.50. The van der Waals surface area contributed by atoms with E-state index in [4.69, 9.17) is 9.47 Å². The summed E-state index contributed by atoms with van der Waals surface area (Å²) >= 11 is 0. The molecule has 2 aliphatic heterocycles. The van der Waals surface area contributed by atoms with Gasteiger partial charge in [-0.25, -0.2) is 4.79 Å². The molecule has 0 aliphatic carbocycles. The average molecular weight is 409 g/mol. The Bertz CT molecular complexity index is 615. The molecule has 0 aromatic rings. The lowest BCUT2D eigenvalue weighted by Gasteiger charge is -2.38. The second-order valence-electron chi connectivity index (χ2n) is 9.31. The Morgan fingerprint density at radius 1 is 1.21 bits per heavy atom. The van der Waals surface area contributed by atoms with Gasteiger partial charge in [-0.2, -0.15) is 5.26 Å². The summed E-state index contributed by atoms with van der Waals surface area (Å²) < 4.78 is 11.0. The van der Waals surface area contributed by atoms with E-state index in [0.29, 0.717) is 51.5 Å². The normalized spacial score (nSPS) is 21.3. The van der Waals surface area contributed by atoms with Gasteiger partial charge in [0.1, 0.15) is 5.54 Å². The summed E-state index contributed by atoms with van der Waals surface area (Å²) in [5.74, 6) is -0.0837. The van der Waals surface area contributed by atoms with E-state index in [1.807, 2.05) is 7.05 Å². The van der Waals surface area contributed by atoms with E-state index in [2.05, 4.69) is 44.0 Å². The van der Waals surface area contributed by atoms with Crippen LogP contribution in [0.5, 0.6) is 0 Å². The monoisotopic (exact) mass is 408 g/mol. The lowest BCUT2D eigenvalue weighted by atomic mass is 9.76. The standard InChI is InChI=1S/C21H36N4O4/c1-16(2)20(3,4)14-17(29-19(27)25-10-12-28-13-11-25)18(26)23-21(15-22)6-8-24(5)9-7-21/h16-17H,6-14H2,1-5H3,(H,23,26). The molecule has 1 atom stereocenters. The number of nitrogens with zero attached hydrogens (tertiary/aromatic N) is 3. The van der Waals surface area contributed by atoms with Gasteiger partial charge in [0.15, 0.2) is 6.10 Å². The SMILES string of the molecule is CC(C)C(C)(C)CC(OC(=O)N1CCOCC1)C(=O)NC1(C#N)CCN(C)CC1. The largest absolute Gasteiger partial charge is 0.436 e. The van der Waals surface area contributed by atoms with Gasteiger partial charge >= 0.3 is 6.09 Å². The molecule has 8 nitrogen and oxygen atoms in total. The topological polar surface area (TPSA) is 94.9 Å². The molecule has 2 heterocycles. The third-order valence-corrected chi connectivity index (χ3v) is 6.50. The average Bonchev–Trinajstić information content (AvgIpc) is 2.69. The first kappa shape index (κ1) is 23.4. The van der Waals surface area contributed by atoms with Gasteiger partial charge < -0.3 is 24.6 Å². The van der Waals surface area contributed by atoms with E-state index in [0.717, 1.165) is 13.1 Å². The Morgan fingerprint density at radius 2 is 1.79 bits per heavy atom. The fraction of sp³-hybridized carbons (Fsp3) is 0.857. The molecule has 1 N–H and O–H groups in total. The lowest BCUT2D eigenvalue weighted by molar-refractivity contribution is -0.134. The van der Waals surface area contributed by atoms with Crippen LogP contribution in [-0.2, 0) is 14.3 Å². The molecular weight excluding hydrogens is 372 g/mol. The molecule has 0 aromatic heterocycles. The zero-order valence-corrected chi connectivity index (χ0v) is 18.5. The van der Waals surface area contributed by atoms with Crippen molar-refractivity contribution in [3.8, 4) is 6.07 Å². The van der Waals surface area contributed by atoms with Gasteiger partial charge in [0.05, 0.1) is 19.3 Å². The van der Waals surface area contributed by atoms with Gasteiger partial charge in [-0.15, -0.1) is 0 Å². The smallest absolute Gasteiger partial charge is 0.410 e. The summed E-state index contributed by atoms with van der Waals surface area (Å²) in [5, 5.41) is 12.7. The fourth-order valence-electron chi connectivity index (χ4n) is 3.42. The Morgan fingerprint density at radius 3 is 2.31 bits per heavy atom. The number of rotatable bonds is 6. The van der Waals surface area contributed by atoms with Crippen molar-refractivity contribution in [3.05, 3.63) is 0 Å². The van der Waals surface area contributed by atoms with Crippen LogP contribution >= 0.6 is 0 Å². The van der Waals surface area contributed by atoms with E-state index in [1.54, 1.807) is 4.90 Å². The first-order chi connectivity index (χ1) is 13.6. The van der Waals surface area contributed by atoms with Crippen LogP contribution in [0.15, 0.2) is 0 Å². The summed E-state index contributed by atoms with van der Waals surface area (Å²) in [4.78, 5) is 29.5. The first-order valence-corrected chi connectivity index (χ1v) is 10.5. The predicted octanol–water partition coefficient (Wildman–Crippen LogP) is 2.00. The zero-order valence-electron chi connectivity index (χ0n) is 18.5. The fourth-order valence-corrected chi connectivity index (χ4v) is 3.42. The number of ether oxygens (including phenoxy) is 2. The number of nitriles is 1. The minimum Gasteiger partial charge on any atom is -0.436 e. The molecule has 0 saturated carbocycles. The van der Waals surface area contributed by atoms with Crippen molar-refractivity contribution in [1.82, 2.24) is 15.1 Å². The molecule has 8 heteroatoms. The predicted molar refractivity (Wildman–Crippen MR) is 109 cm³/mol. The number of carbonyl (C=O) groups excluding carboxylic acids is 2. The highest BCUT2D eigenvalue weighted by Crippen LogP contribution is 2.33. The van der Waals surface area contributed by atoms with Crippen molar-refractivity contribution < 1.29 is 19.1 Å². The maximum atomic E-state index is 13.2. The molecule has 2 amide bonds. The van der Waals surface area contributed by atoms with Gasteiger partial charge in [-0.05, 0) is 37.6 Å². The number of carbonyl (C=O) groups is 2. The summed E-state index contributed by atoms with van der Waals surface area (Å²) in [6.07, 6.45) is 0.0796. The first-order valence-electron chi connectivity index (χ1n) is 10.5. The molecule has 0 bridgehead atoms. The molecule has 29 heavy (non-hydrogen) atoms. The lowest BCUT2D eigenvalue weighted by Crippen LogP contribution is -2.57. The zero-order chi connectivity index (χ0) is 21.7. The van der Waals surface area contributed by atoms with Crippen molar-refractivity contribution in [2.24, 2.45) is 11.3 Å². The van der Waals surface area contributed by atoms with E-state index >= 15 is 0 Å². The maximum absolute atomic E-state index is 13.2. The van der Waals surface area contributed by atoms with Crippen molar-refractivity contribution in [2.45, 2.75) is 58.6 Å². The second-order valence-corrected chi connectivity index (χ2v) is 9.31. The molecule has 2 fully saturated rings.